The third-order valence-corrected chi connectivity index (χ3v) is 5.30. The van der Waals surface area contributed by atoms with Crippen molar-refractivity contribution in [2.75, 3.05) is 6.54 Å². The third-order valence-electron chi connectivity index (χ3n) is 5.30. The summed E-state index contributed by atoms with van der Waals surface area (Å²) in [6.07, 6.45) is 8.11. The Balaban J connectivity index is 1.60. The summed E-state index contributed by atoms with van der Waals surface area (Å²) in [5.41, 5.74) is 7.38. The lowest BCUT2D eigenvalue weighted by Crippen LogP contribution is -2.22. The van der Waals surface area contributed by atoms with E-state index in [0.29, 0.717) is 12.0 Å². The molecule has 1 N–H and O–H groups in total. The topological polar surface area (TPSA) is 38.1 Å². The van der Waals surface area contributed by atoms with Crippen LogP contribution in [0, 0.1) is 0 Å². The molecule has 0 bridgehead atoms. The first kappa shape index (κ1) is 16.1. The quantitative estimate of drug-likeness (QED) is 0.679. The van der Waals surface area contributed by atoms with E-state index in [-0.39, 0.29) is 0 Å². The van der Waals surface area contributed by atoms with E-state index in [1.54, 1.807) is 12.5 Å². The van der Waals surface area contributed by atoms with Crippen molar-refractivity contribution in [3.8, 4) is 11.3 Å². The molecule has 2 heterocycles. The van der Waals surface area contributed by atoms with E-state index in [1.807, 2.05) is 0 Å². The normalized spacial score (nSPS) is 18.0. The van der Waals surface area contributed by atoms with Crippen molar-refractivity contribution in [3.05, 3.63) is 71.8 Å². The molecular formula is C22H24N2O. The minimum absolute atomic E-state index is 0.314. The van der Waals surface area contributed by atoms with Gasteiger partial charge in [-0.15, -0.1) is 0 Å². The van der Waals surface area contributed by atoms with Crippen LogP contribution in [-0.2, 0) is 0 Å². The fourth-order valence-electron chi connectivity index (χ4n) is 3.79. The van der Waals surface area contributed by atoms with Crippen molar-refractivity contribution in [2.24, 2.45) is 0 Å². The average molecular weight is 332 g/mol. The number of aromatic nitrogens is 1. The van der Waals surface area contributed by atoms with E-state index in [4.69, 9.17) is 9.40 Å². The Kier molecular flexibility index (Phi) is 4.41. The molecular weight excluding hydrogens is 308 g/mol. The highest BCUT2D eigenvalue weighted by atomic mass is 16.3. The maximum absolute atomic E-state index is 5.33. The van der Waals surface area contributed by atoms with Gasteiger partial charge in [0.1, 0.15) is 12.0 Å². The molecule has 0 saturated carbocycles. The standard InChI is InChI=1S/C22H24N2O/c1-3-16-9-10-18(13-23-15(2)17-7-5-4-6-8-17)22-21(16)19-11-12-25-14-20(19)24-22/h4-8,10-12,14-16,23H,3,9,13H2,1-2H3. The number of hydrogen-bond donors (Lipinski definition) is 1. The lowest BCUT2D eigenvalue weighted by Gasteiger charge is -2.23. The zero-order valence-electron chi connectivity index (χ0n) is 14.8. The second kappa shape index (κ2) is 6.85. The smallest absolute Gasteiger partial charge is 0.116 e. The minimum Gasteiger partial charge on any atom is -0.470 e. The van der Waals surface area contributed by atoms with Crippen LogP contribution in [0.1, 0.15) is 55.5 Å². The molecule has 3 heteroatoms. The molecule has 25 heavy (non-hydrogen) atoms. The van der Waals surface area contributed by atoms with Crippen LogP contribution >= 0.6 is 0 Å². The van der Waals surface area contributed by atoms with E-state index in [9.17, 15) is 0 Å². The molecule has 1 aromatic rings. The highest BCUT2D eigenvalue weighted by molar-refractivity contribution is 5.80. The predicted molar refractivity (Wildman–Crippen MR) is 102 cm³/mol. The van der Waals surface area contributed by atoms with Gasteiger partial charge in [-0.2, -0.15) is 0 Å². The first-order chi connectivity index (χ1) is 12.3. The number of nitrogens with one attached hydrogen (secondary N) is 1. The molecule has 0 amide bonds. The van der Waals surface area contributed by atoms with Crippen LogP contribution in [0.5, 0.6) is 0 Å². The maximum atomic E-state index is 5.33. The predicted octanol–water partition coefficient (Wildman–Crippen LogP) is 5.41. The third kappa shape index (κ3) is 3.00. The van der Waals surface area contributed by atoms with E-state index >= 15 is 0 Å². The van der Waals surface area contributed by atoms with Crippen LogP contribution < -0.4 is 5.32 Å². The molecule has 1 aromatic carbocycles. The van der Waals surface area contributed by atoms with Gasteiger partial charge in [-0.05, 0) is 48.4 Å². The van der Waals surface area contributed by atoms with E-state index in [0.717, 1.165) is 30.8 Å². The summed E-state index contributed by atoms with van der Waals surface area (Å²) in [7, 11) is 0. The van der Waals surface area contributed by atoms with Crippen molar-refractivity contribution < 1.29 is 4.42 Å². The van der Waals surface area contributed by atoms with Gasteiger partial charge < -0.3 is 9.73 Å². The van der Waals surface area contributed by atoms with Crippen molar-refractivity contribution in [2.45, 2.75) is 38.6 Å². The summed E-state index contributed by atoms with van der Waals surface area (Å²) < 4.78 is 5.33. The molecule has 2 aliphatic heterocycles. The number of nitrogens with zero attached hydrogens (tertiary/aromatic N) is 1. The Morgan fingerprint density at radius 3 is 2.88 bits per heavy atom. The molecule has 128 valence electrons. The lowest BCUT2D eigenvalue weighted by atomic mass is 9.83. The molecule has 1 aliphatic carbocycles. The Hall–Kier alpha value is -2.39. The van der Waals surface area contributed by atoms with Crippen LogP contribution in [-0.4, -0.2) is 11.5 Å². The van der Waals surface area contributed by atoms with Crippen molar-refractivity contribution in [3.63, 3.8) is 0 Å². The van der Waals surface area contributed by atoms with Crippen molar-refractivity contribution >= 4 is 5.57 Å². The molecule has 0 aromatic heterocycles. The zero-order chi connectivity index (χ0) is 17.2. The minimum atomic E-state index is 0.314. The van der Waals surface area contributed by atoms with Crippen LogP contribution in [0.2, 0.25) is 0 Å². The van der Waals surface area contributed by atoms with E-state index < -0.39 is 0 Å². The van der Waals surface area contributed by atoms with E-state index in [2.05, 4.69) is 61.6 Å². The number of rotatable bonds is 5. The molecule has 0 saturated heterocycles. The SMILES string of the molecule is CCC1CC=C(CNC(C)c2ccccc2)c2nc3coccc-3c21. The number of allylic oxidation sites excluding steroid dienone is 1. The monoisotopic (exact) mass is 332 g/mol. The van der Waals surface area contributed by atoms with Gasteiger partial charge in [-0.3, -0.25) is 0 Å². The molecule has 3 nitrogen and oxygen atoms in total. The second-order valence-electron chi connectivity index (χ2n) is 6.81. The molecule has 2 unspecified atom stereocenters. The summed E-state index contributed by atoms with van der Waals surface area (Å²) in [6, 6.07) is 12.9. The Morgan fingerprint density at radius 1 is 1.24 bits per heavy atom. The fourth-order valence-corrected chi connectivity index (χ4v) is 3.79. The molecule has 0 radical (unpaired) electrons. The van der Waals surface area contributed by atoms with Gasteiger partial charge in [-0.25, -0.2) is 4.98 Å². The van der Waals surface area contributed by atoms with Crippen molar-refractivity contribution in [1.29, 1.82) is 0 Å². The van der Waals surface area contributed by atoms with Crippen LogP contribution in [0.15, 0.2) is 59.4 Å². The van der Waals surface area contributed by atoms with Gasteiger partial charge >= 0.3 is 0 Å². The number of hydrogen-bond acceptors (Lipinski definition) is 3. The Bertz CT molecular complexity index is 850. The summed E-state index contributed by atoms with van der Waals surface area (Å²) in [4.78, 5) is 4.88. The zero-order valence-corrected chi connectivity index (χ0v) is 14.8. The van der Waals surface area contributed by atoms with Gasteiger partial charge in [0.25, 0.3) is 0 Å². The molecule has 2 atom stereocenters. The summed E-state index contributed by atoms with van der Waals surface area (Å²) >= 11 is 0. The largest absolute Gasteiger partial charge is 0.470 e. The first-order valence-corrected chi connectivity index (χ1v) is 9.11. The second-order valence-corrected chi connectivity index (χ2v) is 6.81. The number of benzene rings is 1. The highest BCUT2D eigenvalue weighted by Gasteiger charge is 2.28. The van der Waals surface area contributed by atoms with Gasteiger partial charge in [0.15, 0.2) is 0 Å². The maximum Gasteiger partial charge on any atom is 0.116 e. The van der Waals surface area contributed by atoms with Crippen LogP contribution in [0.3, 0.4) is 0 Å². The first-order valence-electron chi connectivity index (χ1n) is 9.11. The Labute approximate surface area is 149 Å². The fraction of sp³-hybridized carbons (Fsp3) is 0.318. The van der Waals surface area contributed by atoms with Crippen LogP contribution in [0.25, 0.3) is 16.8 Å². The summed E-state index contributed by atoms with van der Waals surface area (Å²) in [5.74, 6) is 0.553. The Morgan fingerprint density at radius 2 is 2.08 bits per heavy atom. The highest BCUT2D eigenvalue weighted by Crippen LogP contribution is 2.43. The summed E-state index contributed by atoms with van der Waals surface area (Å²) in [5, 5.41) is 3.65. The van der Waals surface area contributed by atoms with Gasteiger partial charge in [0, 0.05) is 18.2 Å². The molecule has 0 spiro atoms. The van der Waals surface area contributed by atoms with Gasteiger partial charge in [-0.1, -0.05) is 43.3 Å². The van der Waals surface area contributed by atoms with Crippen LogP contribution in [0.4, 0.5) is 0 Å². The molecule has 3 aliphatic rings. The van der Waals surface area contributed by atoms with Gasteiger partial charge in [0.2, 0.25) is 0 Å². The lowest BCUT2D eigenvalue weighted by molar-refractivity contribution is 0.550. The van der Waals surface area contributed by atoms with Gasteiger partial charge in [0.05, 0.1) is 12.0 Å². The molecule has 4 rings (SSSR count). The molecule has 0 fully saturated rings. The average Bonchev–Trinajstić information content (AvgIpc) is 3.06. The van der Waals surface area contributed by atoms with E-state index in [1.165, 1.54) is 22.3 Å². The number of fused-ring (bicyclic) bond motifs is 3. The summed E-state index contributed by atoms with van der Waals surface area (Å²) in [6.45, 7) is 5.30. The van der Waals surface area contributed by atoms with Crippen molar-refractivity contribution in [1.82, 2.24) is 10.3 Å².